The highest BCUT2D eigenvalue weighted by molar-refractivity contribution is 7.17. The Morgan fingerprint density at radius 1 is 1.18 bits per heavy atom. The van der Waals surface area contributed by atoms with Crippen LogP contribution in [-0.2, 0) is 0 Å². The summed E-state index contributed by atoms with van der Waals surface area (Å²) in [6.45, 7) is 11.6. The van der Waals surface area contributed by atoms with Crippen molar-refractivity contribution < 1.29 is 36.6 Å². The maximum Gasteiger partial charge on any atom is 0.405 e. The molecular weight excluding hydrogens is 557 g/mol. The molecule has 2 amide bonds. The van der Waals surface area contributed by atoms with Crippen LogP contribution in [0, 0.1) is 0 Å². The number of nitrogens with one attached hydrogen (secondary N) is 2. The van der Waals surface area contributed by atoms with Gasteiger partial charge in [-0.25, -0.2) is 18.7 Å². The second-order valence-corrected chi connectivity index (χ2v) is 10.1. The van der Waals surface area contributed by atoms with Crippen LogP contribution in [-0.4, -0.2) is 69.2 Å². The predicted molar refractivity (Wildman–Crippen MR) is 146 cm³/mol. The maximum absolute atomic E-state index is 14.0. The van der Waals surface area contributed by atoms with Gasteiger partial charge < -0.3 is 20.6 Å². The number of carbonyl (C=O) groups excluding carboxylic acids is 2. The zero-order valence-corrected chi connectivity index (χ0v) is 24.6. The lowest BCUT2D eigenvalue weighted by molar-refractivity contribution is -0.115. The largest absolute Gasteiger partial charge is 0.405 e. The summed E-state index contributed by atoms with van der Waals surface area (Å²) < 4.78 is 65.6. The monoisotopic (exact) mass is 595 g/mol. The normalized spacial score (nSPS) is 15.2. The Morgan fingerprint density at radius 3 is 2.30 bits per heavy atom. The number of anilines is 1. The molecule has 0 bridgehead atoms. The Bertz CT molecular complexity index is 1120. The van der Waals surface area contributed by atoms with Crippen LogP contribution in [0.4, 0.5) is 27.8 Å². The first-order chi connectivity index (χ1) is 18.7. The third-order valence-electron chi connectivity index (χ3n) is 5.41. The van der Waals surface area contributed by atoms with Crippen molar-refractivity contribution in [1.82, 2.24) is 20.2 Å². The van der Waals surface area contributed by atoms with Crippen LogP contribution in [0.25, 0.3) is 10.4 Å². The van der Waals surface area contributed by atoms with E-state index in [4.69, 9.17) is 0 Å². The Balaban J connectivity index is 0.00000191. The molecule has 0 saturated carbocycles. The quantitative estimate of drug-likeness (QED) is 0.310. The number of hydrogen-bond acceptors (Lipinski definition) is 7. The second-order valence-electron chi connectivity index (χ2n) is 9.11. The Hall–Kier alpha value is -2.87. The standard InChI is InChI=1S/C22H26F5N5O3S.2C2H6/c1-11-5-4-6-32(11)20(34)15-16(36-19(31-15)18(33)30-9-21(2,3)35)13-8-28-14(7-12(13)17(23)24)29-10-22(25,26)27;2*1-2/h7-8,11,17,35H,4-6,9-10H2,1-3H3,(H,28,29)(H,30,33);2*1-2H3. The van der Waals surface area contributed by atoms with Gasteiger partial charge in [-0.1, -0.05) is 27.7 Å². The van der Waals surface area contributed by atoms with Gasteiger partial charge in [-0.3, -0.25) is 9.59 Å². The van der Waals surface area contributed by atoms with Gasteiger partial charge in [0.15, 0.2) is 5.01 Å². The van der Waals surface area contributed by atoms with Crippen LogP contribution in [0.3, 0.4) is 0 Å². The molecule has 1 aliphatic heterocycles. The first kappa shape index (κ1) is 35.2. The molecule has 0 radical (unpaired) electrons. The van der Waals surface area contributed by atoms with Crippen molar-refractivity contribution >= 4 is 29.0 Å². The Morgan fingerprint density at radius 2 is 1.80 bits per heavy atom. The molecule has 0 aromatic carbocycles. The van der Waals surface area contributed by atoms with E-state index in [0.29, 0.717) is 17.9 Å². The molecule has 14 heteroatoms. The summed E-state index contributed by atoms with van der Waals surface area (Å²) in [5.41, 5.74) is -2.32. The molecule has 2 aromatic heterocycles. The first-order valence-corrected chi connectivity index (χ1v) is 13.9. The fraction of sp³-hybridized carbons (Fsp3) is 0.615. The van der Waals surface area contributed by atoms with E-state index in [-0.39, 0.29) is 33.7 Å². The summed E-state index contributed by atoms with van der Waals surface area (Å²) in [4.78, 5) is 35.4. The second kappa shape index (κ2) is 15.2. The van der Waals surface area contributed by atoms with Gasteiger partial charge in [0.2, 0.25) is 0 Å². The van der Waals surface area contributed by atoms with E-state index in [1.165, 1.54) is 18.7 Å². The van der Waals surface area contributed by atoms with Crippen LogP contribution >= 0.6 is 11.3 Å². The number of rotatable bonds is 8. The number of aromatic nitrogens is 2. The molecule has 3 heterocycles. The van der Waals surface area contributed by atoms with Crippen LogP contribution in [0.2, 0.25) is 0 Å². The van der Waals surface area contributed by atoms with Crippen LogP contribution in [0.5, 0.6) is 0 Å². The van der Waals surface area contributed by atoms with Gasteiger partial charge in [0, 0.05) is 36.5 Å². The van der Waals surface area contributed by atoms with Crippen molar-refractivity contribution in [3.63, 3.8) is 0 Å². The van der Waals surface area contributed by atoms with E-state index in [0.717, 1.165) is 25.1 Å². The predicted octanol–water partition coefficient (Wildman–Crippen LogP) is 6.29. The number of alkyl halides is 5. The van der Waals surface area contributed by atoms with Crippen molar-refractivity contribution in [1.29, 1.82) is 0 Å². The molecule has 0 aliphatic carbocycles. The van der Waals surface area contributed by atoms with Gasteiger partial charge >= 0.3 is 6.18 Å². The molecule has 1 aliphatic rings. The lowest BCUT2D eigenvalue weighted by Crippen LogP contribution is -2.38. The van der Waals surface area contributed by atoms with E-state index < -0.39 is 47.9 Å². The average Bonchev–Trinajstić information content (AvgIpc) is 3.54. The molecule has 1 atom stereocenters. The van der Waals surface area contributed by atoms with Gasteiger partial charge in [0.05, 0.1) is 10.5 Å². The number of likely N-dealkylation sites (tertiary alicyclic amines) is 1. The minimum Gasteiger partial charge on any atom is -0.389 e. The number of amides is 2. The molecule has 1 saturated heterocycles. The van der Waals surface area contributed by atoms with Crippen molar-refractivity contribution in [3.05, 3.63) is 28.5 Å². The lowest BCUT2D eigenvalue weighted by Gasteiger charge is -2.21. The average molecular weight is 596 g/mol. The summed E-state index contributed by atoms with van der Waals surface area (Å²) in [7, 11) is 0. The van der Waals surface area contributed by atoms with Crippen LogP contribution < -0.4 is 10.6 Å². The Labute approximate surface area is 235 Å². The van der Waals surface area contributed by atoms with E-state index in [1.807, 2.05) is 39.9 Å². The molecule has 226 valence electrons. The number of nitrogens with zero attached hydrogens (tertiary/aromatic N) is 3. The van der Waals surface area contributed by atoms with Crippen LogP contribution in [0.15, 0.2) is 12.3 Å². The maximum atomic E-state index is 14.0. The first-order valence-electron chi connectivity index (χ1n) is 13.1. The lowest BCUT2D eigenvalue weighted by atomic mass is 10.1. The highest BCUT2D eigenvalue weighted by Crippen LogP contribution is 2.39. The van der Waals surface area contributed by atoms with Crippen LogP contribution in [0.1, 0.15) is 93.6 Å². The van der Waals surface area contributed by atoms with Crippen molar-refractivity contribution in [2.45, 2.75) is 85.6 Å². The highest BCUT2D eigenvalue weighted by Gasteiger charge is 2.33. The van der Waals surface area contributed by atoms with Gasteiger partial charge in [0.1, 0.15) is 18.1 Å². The zero-order valence-electron chi connectivity index (χ0n) is 23.7. The minimum atomic E-state index is -4.58. The molecule has 3 N–H and O–H groups in total. The van der Waals surface area contributed by atoms with E-state index >= 15 is 0 Å². The molecule has 0 spiro atoms. The number of carbonyl (C=O) groups is 2. The third-order valence-corrected chi connectivity index (χ3v) is 6.49. The smallest absolute Gasteiger partial charge is 0.389 e. The van der Waals surface area contributed by atoms with E-state index in [9.17, 15) is 36.6 Å². The third kappa shape index (κ3) is 9.95. The summed E-state index contributed by atoms with van der Waals surface area (Å²) in [6, 6.07) is 0.660. The fourth-order valence-electron chi connectivity index (χ4n) is 3.62. The summed E-state index contributed by atoms with van der Waals surface area (Å²) in [5.74, 6) is -1.68. The van der Waals surface area contributed by atoms with E-state index in [1.54, 1.807) is 0 Å². The number of hydrogen-bond donors (Lipinski definition) is 3. The molecule has 2 aromatic rings. The summed E-state index contributed by atoms with van der Waals surface area (Å²) in [6.07, 6.45) is -5.27. The van der Waals surface area contributed by atoms with E-state index in [2.05, 4.69) is 15.3 Å². The van der Waals surface area contributed by atoms with Crippen molar-refractivity contribution in [3.8, 4) is 10.4 Å². The number of halogens is 5. The zero-order chi connectivity index (χ0) is 30.8. The fourth-order valence-corrected chi connectivity index (χ4v) is 4.62. The highest BCUT2D eigenvalue weighted by atomic mass is 32.1. The van der Waals surface area contributed by atoms with Gasteiger partial charge in [0.25, 0.3) is 18.2 Å². The minimum absolute atomic E-state index is 0.0438. The van der Waals surface area contributed by atoms with Gasteiger partial charge in [-0.2, -0.15) is 13.2 Å². The molecule has 1 fully saturated rings. The molecule has 3 rings (SSSR count). The van der Waals surface area contributed by atoms with Crippen molar-refractivity contribution in [2.75, 3.05) is 25.0 Å². The van der Waals surface area contributed by atoms with Gasteiger partial charge in [-0.05, 0) is 39.7 Å². The number of pyridine rings is 1. The summed E-state index contributed by atoms with van der Waals surface area (Å²) in [5, 5.41) is 14.1. The molecular formula is C26H38F5N5O3S. The molecule has 40 heavy (non-hydrogen) atoms. The molecule has 1 unspecified atom stereocenters. The number of thiazole rings is 1. The van der Waals surface area contributed by atoms with Crippen molar-refractivity contribution in [2.24, 2.45) is 0 Å². The summed E-state index contributed by atoms with van der Waals surface area (Å²) >= 11 is 0.689. The SMILES string of the molecule is CC.CC.CC1CCCN1C(=O)c1nc(C(=O)NCC(C)(C)O)sc1-c1cnc(NCC(F)(F)F)cc1C(F)F. The molecule has 8 nitrogen and oxygen atoms in total. The number of aliphatic hydroxyl groups is 1. The Kier molecular flexibility index (Phi) is 13.4. The topological polar surface area (TPSA) is 107 Å². The van der Waals surface area contributed by atoms with Gasteiger partial charge in [-0.15, -0.1) is 11.3 Å².